The second-order valence-corrected chi connectivity index (χ2v) is 8.59. The van der Waals surface area contributed by atoms with Gasteiger partial charge in [-0.3, -0.25) is 19.3 Å². The summed E-state index contributed by atoms with van der Waals surface area (Å²) in [5, 5.41) is 5.69. The van der Waals surface area contributed by atoms with Crippen molar-refractivity contribution in [2.75, 3.05) is 38.0 Å². The van der Waals surface area contributed by atoms with Crippen LogP contribution in [-0.2, 0) is 14.4 Å². The van der Waals surface area contributed by atoms with E-state index in [0.717, 1.165) is 23.4 Å². The number of carbonyl (C=O) groups is 4. The first-order valence-corrected chi connectivity index (χ1v) is 10.9. The Hall–Kier alpha value is -2.94. The highest BCUT2D eigenvalue weighted by Gasteiger charge is 2.54. The number of benzene rings is 1. The summed E-state index contributed by atoms with van der Waals surface area (Å²) in [5.74, 6) is -0.598. The number of hydrogen-bond acceptors (Lipinski definition) is 5. The van der Waals surface area contributed by atoms with Gasteiger partial charge in [0.05, 0.1) is 6.54 Å². The number of para-hydroxylation sites is 1. The predicted molar refractivity (Wildman–Crippen MR) is 114 cm³/mol. The molecule has 3 fully saturated rings. The molecule has 166 valence electrons. The highest BCUT2D eigenvalue weighted by molar-refractivity contribution is 6.10. The van der Waals surface area contributed by atoms with Gasteiger partial charge in [0.25, 0.3) is 5.91 Å². The van der Waals surface area contributed by atoms with Crippen LogP contribution in [0.3, 0.4) is 0 Å². The average Bonchev–Trinajstić information content (AvgIpc) is 3.33. The zero-order valence-electron chi connectivity index (χ0n) is 17.8. The Morgan fingerprint density at radius 2 is 1.71 bits per heavy atom. The minimum Gasteiger partial charge on any atom is -0.338 e. The van der Waals surface area contributed by atoms with Gasteiger partial charge in [0, 0.05) is 31.9 Å². The van der Waals surface area contributed by atoms with Crippen molar-refractivity contribution in [1.29, 1.82) is 0 Å². The van der Waals surface area contributed by atoms with Crippen LogP contribution >= 0.6 is 0 Å². The van der Waals surface area contributed by atoms with E-state index in [-0.39, 0.29) is 24.3 Å². The van der Waals surface area contributed by atoms with E-state index < -0.39 is 17.6 Å². The quantitative estimate of drug-likeness (QED) is 0.684. The van der Waals surface area contributed by atoms with Crippen molar-refractivity contribution in [2.45, 2.75) is 44.2 Å². The van der Waals surface area contributed by atoms with E-state index in [1.54, 1.807) is 11.8 Å². The van der Waals surface area contributed by atoms with Gasteiger partial charge in [-0.25, -0.2) is 9.69 Å². The van der Waals surface area contributed by atoms with Crippen molar-refractivity contribution >= 4 is 29.4 Å². The van der Waals surface area contributed by atoms with E-state index in [2.05, 4.69) is 10.6 Å². The van der Waals surface area contributed by atoms with E-state index in [9.17, 15) is 19.2 Å². The third-order valence-corrected chi connectivity index (χ3v) is 6.50. The van der Waals surface area contributed by atoms with E-state index in [0.29, 0.717) is 39.0 Å². The van der Waals surface area contributed by atoms with E-state index >= 15 is 0 Å². The molecule has 2 saturated heterocycles. The number of anilines is 1. The molecule has 5 amide bonds. The van der Waals surface area contributed by atoms with Gasteiger partial charge >= 0.3 is 6.03 Å². The summed E-state index contributed by atoms with van der Waals surface area (Å²) in [5.41, 5.74) is -0.0556. The average molecular weight is 428 g/mol. The number of rotatable bonds is 5. The van der Waals surface area contributed by atoms with Crippen molar-refractivity contribution in [3.05, 3.63) is 30.3 Å². The minimum atomic E-state index is -0.833. The van der Waals surface area contributed by atoms with Crippen molar-refractivity contribution < 1.29 is 19.2 Å². The van der Waals surface area contributed by atoms with E-state index in [4.69, 9.17) is 0 Å². The van der Waals surface area contributed by atoms with E-state index in [1.165, 1.54) is 0 Å². The summed E-state index contributed by atoms with van der Waals surface area (Å²) in [4.78, 5) is 55.4. The molecule has 0 bridgehead atoms. The highest BCUT2D eigenvalue weighted by atomic mass is 16.2. The van der Waals surface area contributed by atoms with Gasteiger partial charge in [-0.2, -0.15) is 0 Å². The third kappa shape index (κ3) is 4.27. The van der Waals surface area contributed by atoms with Gasteiger partial charge in [0.15, 0.2) is 0 Å². The zero-order chi connectivity index (χ0) is 22.0. The lowest BCUT2D eigenvalue weighted by atomic mass is 9.97. The highest BCUT2D eigenvalue weighted by Crippen LogP contribution is 2.36. The third-order valence-electron chi connectivity index (χ3n) is 6.50. The summed E-state index contributed by atoms with van der Waals surface area (Å²) in [6.07, 6.45) is 3.08. The second kappa shape index (κ2) is 8.66. The normalized spacial score (nSPS) is 22.0. The van der Waals surface area contributed by atoms with Crippen LogP contribution < -0.4 is 10.6 Å². The molecule has 31 heavy (non-hydrogen) atoms. The molecule has 2 aliphatic heterocycles. The number of carbonyl (C=O) groups excluding carboxylic acids is 4. The lowest BCUT2D eigenvalue weighted by Crippen LogP contribution is -2.56. The van der Waals surface area contributed by atoms with Gasteiger partial charge < -0.3 is 15.5 Å². The molecule has 2 N–H and O–H groups in total. The second-order valence-electron chi connectivity index (χ2n) is 8.59. The predicted octanol–water partition coefficient (Wildman–Crippen LogP) is 1.02. The molecule has 2 heterocycles. The topological polar surface area (TPSA) is 102 Å². The summed E-state index contributed by atoms with van der Waals surface area (Å²) >= 11 is 0. The first-order valence-electron chi connectivity index (χ1n) is 10.9. The molecule has 4 rings (SSSR count). The van der Waals surface area contributed by atoms with E-state index in [1.807, 2.05) is 35.2 Å². The fourth-order valence-corrected chi connectivity index (χ4v) is 4.74. The van der Waals surface area contributed by atoms with Crippen LogP contribution in [0, 0.1) is 0 Å². The molecule has 0 aromatic heterocycles. The standard InChI is InChI=1S/C22H29N5O4/c1-16(27-20(30)22(24-21(27)31)9-5-6-10-22)19(29)26-13-11-25(12-14-26)15-18(28)23-17-7-3-2-4-8-17/h2-4,7-8,16H,5-6,9-15H2,1H3,(H,23,28)(H,24,31). The Morgan fingerprint density at radius 3 is 2.35 bits per heavy atom. The van der Waals surface area contributed by atoms with Crippen LogP contribution in [0.15, 0.2) is 30.3 Å². The lowest BCUT2D eigenvalue weighted by molar-refractivity contribution is -0.144. The Balaban J connectivity index is 1.28. The fraction of sp³-hybridized carbons (Fsp3) is 0.545. The number of amides is 5. The van der Waals surface area contributed by atoms with Crippen LogP contribution in [0.4, 0.5) is 10.5 Å². The summed E-state index contributed by atoms with van der Waals surface area (Å²) in [6, 6.07) is 7.98. The molecular formula is C22H29N5O4. The Morgan fingerprint density at radius 1 is 1.06 bits per heavy atom. The molecule has 1 aromatic carbocycles. The zero-order valence-corrected chi connectivity index (χ0v) is 17.8. The summed E-state index contributed by atoms with van der Waals surface area (Å²) in [6.45, 7) is 3.90. The molecular weight excluding hydrogens is 398 g/mol. The Kier molecular flexibility index (Phi) is 5.95. The fourth-order valence-electron chi connectivity index (χ4n) is 4.74. The minimum absolute atomic E-state index is 0.0967. The maximum atomic E-state index is 13.0. The van der Waals surface area contributed by atoms with Gasteiger partial charge in [-0.05, 0) is 31.9 Å². The largest absolute Gasteiger partial charge is 0.338 e. The first kappa shape index (κ1) is 21.3. The number of piperazine rings is 1. The molecule has 1 aliphatic carbocycles. The van der Waals surface area contributed by atoms with Gasteiger partial charge in [0.1, 0.15) is 11.6 Å². The van der Waals surface area contributed by atoms with Crippen LogP contribution in [0.5, 0.6) is 0 Å². The molecule has 9 heteroatoms. The molecule has 9 nitrogen and oxygen atoms in total. The van der Waals surface area contributed by atoms with Gasteiger partial charge in [-0.1, -0.05) is 31.0 Å². The Bertz CT molecular complexity index is 860. The van der Waals surface area contributed by atoms with Gasteiger partial charge in [-0.15, -0.1) is 0 Å². The molecule has 1 unspecified atom stereocenters. The van der Waals surface area contributed by atoms with Crippen molar-refractivity contribution in [2.24, 2.45) is 0 Å². The van der Waals surface area contributed by atoms with Crippen LogP contribution in [0.2, 0.25) is 0 Å². The lowest BCUT2D eigenvalue weighted by Gasteiger charge is -2.36. The Labute approximate surface area is 181 Å². The van der Waals surface area contributed by atoms with Crippen LogP contribution in [0.25, 0.3) is 0 Å². The number of nitrogens with zero attached hydrogens (tertiary/aromatic N) is 3. The maximum Gasteiger partial charge on any atom is 0.325 e. The van der Waals surface area contributed by atoms with Crippen molar-refractivity contribution in [3.63, 3.8) is 0 Å². The summed E-state index contributed by atoms with van der Waals surface area (Å²) in [7, 11) is 0. The van der Waals surface area contributed by atoms with Crippen molar-refractivity contribution in [3.8, 4) is 0 Å². The number of nitrogens with one attached hydrogen (secondary N) is 2. The molecule has 1 saturated carbocycles. The monoisotopic (exact) mass is 427 g/mol. The molecule has 1 aromatic rings. The smallest absolute Gasteiger partial charge is 0.325 e. The number of urea groups is 1. The summed E-state index contributed by atoms with van der Waals surface area (Å²) < 4.78 is 0. The molecule has 1 spiro atoms. The van der Waals surface area contributed by atoms with Crippen LogP contribution in [-0.4, -0.2) is 82.8 Å². The molecule has 1 atom stereocenters. The van der Waals surface area contributed by atoms with Crippen LogP contribution in [0.1, 0.15) is 32.6 Å². The van der Waals surface area contributed by atoms with Crippen molar-refractivity contribution in [1.82, 2.24) is 20.0 Å². The molecule has 3 aliphatic rings. The first-order chi connectivity index (χ1) is 14.9. The van der Waals surface area contributed by atoms with Gasteiger partial charge in [0.2, 0.25) is 11.8 Å². The number of hydrogen-bond donors (Lipinski definition) is 2. The SMILES string of the molecule is CC(C(=O)N1CCN(CC(=O)Nc2ccccc2)CC1)N1C(=O)NC2(CCCC2)C1=O. The molecule has 0 radical (unpaired) electrons. The number of imide groups is 1. The maximum absolute atomic E-state index is 13.0.